The van der Waals surface area contributed by atoms with E-state index in [4.69, 9.17) is 5.26 Å². The predicted molar refractivity (Wildman–Crippen MR) is 84.1 cm³/mol. The van der Waals surface area contributed by atoms with Gasteiger partial charge >= 0.3 is 0 Å². The molecule has 0 radical (unpaired) electrons. The fourth-order valence-corrected chi connectivity index (χ4v) is 3.26. The van der Waals surface area contributed by atoms with E-state index in [9.17, 15) is 9.59 Å². The molecule has 1 atom stereocenters. The summed E-state index contributed by atoms with van der Waals surface area (Å²) in [6.07, 6.45) is 1.27. The summed E-state index contributed by atoms with van der Waals surface area (Å²) in [7, 11) is 0. The maximum Gasteiger partial charge on any atom is 0.227 e. The predicted octanol–water partition coefficient (Wildman–Crippen LogP) is 2.75. The van der Waals surface area contributed by atoms with Gasteiger partial charge < -0.3 is 4.90 Å². The van der Waals surface area contributed by atoms with Crippen molar-refractivity contribution in [3.63, 3.8) is 0 Å². The van der Waals surface area contributed by atoms with Crippen molar-refractivity contribution < 1.29 is 9.59 Å². The van der Waals surface area contributed by atoms with Crippen LogP contribution in [0.2, 0.25) is 0 Å². The van der Waals surface area contributed by atoms with Crippen molar-refractivity contribution in [1.82, 2.24) is 0 Å². The summed E-state index contributed by atoms with van der Waals surface area (Å²) in [6, 6.07) is 7.58. The average Bonchev–Trinajstić information content (AvgIpc) is 2.85. The number of nitrogens with zero attached hydrogens (tertiary/aromatic N) is 2. The van der Waals surface area contributed by atoms with Gasteiger partial charge in [-0.25, -0.2) is 0 Å². The van der Waals surface area contributed by atoms with Crippen molar-refractivity contribution in [2.75, 3.05) is 17.2 Å². The lowest BCUT2D eigenvalue weighted by atomic mass is 10.1. The van der Waals surface area contributed by atoms with Gasteiger partial charge in [0.1, 0.15) is 0 Å². The van der Waals surface area contributed by atoms with E-state index in [2.05, 4.69) is 6.07 Å². The SMILES string of the molecule is CCc1cc(C#N)ccc1N1CC(CSC(C)=O)CC1=O. The van der Waals surface area contributed by atoms with Crippen molar-refractivity contribution in [2.45, 2.75) is 26.7 Å². The Labute approximate surface area is 129 Å². The minimum Gasteiger partial charge on any atom is -0.312 e. The van der Waals surface area contributed by atoms with Crippen LogP contribution in [0.3, 0.4) is 0 Å². The number of rotatable bonds is 4. The smallest absolute Gasteiger partial charge is 0.227 e. The maximum absolute atomic E-state index is 12.2. The first-order valence-electron chi connectivity index (χ1n) is 7.02. The third kappa shape index (κ3) is 3.64. The van der Waals surface area contributed by atoms with Crippen molar-refractivity contribution in [1.29, 1.82) is 5.26 Å². The van der Waals surface area contributed by atoms with E-state index in [0.717, 1.165) is 17.7 Å². The molecule has 0 saturated carbocycles. The molecule has 2 rings (SSSR count). The molecule has 0 bridgehead atoms. The molecule has 0 aliphatic carbocycles. The van der Waals surface area contributed by atoms with Gasteiger partial charge in [0.25, 0.3) is 0 Å². The molecule has 1 aromatic rings. The number of carbonyl (C=O) groups excluding carboxylic acids is 2. The largest absolute Gasteiger partial charge is 0.312 e. The lowest BCUT2D eigenvalue weighted by Gasteiger charge is -2.20. The molecule has 0 spiro atoms. The molecule has 1 unspecified atom stereocenters. The van der Waals surface area contributed by atoms with Gasteiger partial charge in [-0.2, -0.15) is 5.26 Å². The van der Waals surface area contributed by atoms with Gasteiger partial charge in [-0.05, 0) is 36.1 Å². The molecule has 1 fully saturated rings. The first-order chi connectivity index (χ1) is 10.0. The van der Waals surface area contributed by atoms with E-state index >= 15 is 0 Å². The number of amides is 1. The van der Waals surface area contributed by atoms with Crippen LogP contribution in [-0.2, 0) is 16.0 Å². The van der Waals surface area contributed by atoms with Crippen molar-refractivity contribution in [3.8, 4) is 6.07 Å². The van der Waals surface area contributed by atoms with Crippen molar-refractivity contribution in [2.24, 2.45) is 5.92 Å². The van der Waals surface area contributed by atoms with Gasteiger partial charge in [-0.15, -0.1) is 0 Å². The Hall–Kier alpha value is -1.80. The van der Waals surface area contributed by atoms with Crippen LogP contribution in [0.25, 0.3) is 0 Å². The number of aryl methyl sites for hydroxylation is 1. The van der Waals surface area contributed by atoms with Crippen LogP contribution in [0.4, 0.5) is 5.69 Å². The molecule has 1 heterocycles. The summed E-state index contributed by atoms with van der Waals surface area (Å²) in [5, 5.41) is 9.06. The Kier molecular flexibility index (Phi) is 5.03. The summed E-state index contributed by atoms with van der Waals surface area (Å²) in [4.78, 5) is 25.1. The number of hydrogen-bond acceptors (Lipinski definition) is 4. The molecule has 0 N–H and O–H groups in total. The minimum atomic E-state index is 0.0912. The zero-order chi connectivity index (χ0) is 15.4. The maximum atomic E-state index is 12.2. The molecule has 1 aliphatic heterocycles. The standard InChI is InChI=1S/C16H18N2O2S/c1-3-14-6-12(8-17)4-5-15(14)18-9-13(7-16(18)20)10-21-11(2)19/h4-6,13H,3,7,9-10H2,1-2H3. The van der Waals surface area contributed by atoms with Crippen LogP contribution in [0.5, 0.6) is 0 Å². The Bertz CT molecular complexity index is 607. The third-order valence-electron chi connectivity index (χ3n) is 3.61. The molecule has 5 heteroatoms. The second kappa shape index (κ2) is 6.77. The zero-order valence-corrected chi connectivity index (χ0v) is 13.1. The number of nitriles is 1. The fraction of sp³-hybridized carbons (Fsp3) is 0.438. The summed E-state index contributed by atoms with van der Waals surface area (Å²) in [6.45, 7) is 4.22. The van der Waals surface area contributed by atoms with Gasteiger partial charge in [0.05, 0.1) is 11.6 Å². The second-order valence-corrected chi connectivity index (χ2v) is 6.38. The summed E-state index contributed by atoms with van der Waals surface area (Å²) in [5.41, 5.74) is 2.53. The molecule has 110 valence electrons. The van der Waals surface area contributed by atoms with Gasteiger partial charge in [0.15, 0.2) is 5.12 Å². The number of hydrogen-bond donors (Lipinski definition) is 0. The van der Waals surface area contributed by atoms with Crippen molar-refractivity contribution in [3.05, 3.63) is 29.3 Å². The molecular weight excluding hydrogens is 284 g/mol. The summed E-state index contributed by atoms with van der Waals surface area (Å²) >= 11 is 1.28. The molecule has 4 nitrogen and oxygen atoms in total. The number of benzene rings is 1. The highest BCUT2D eigenvalue weighted by molar-refractivity contribution is 8.13. The molecule has 21 heavy (non-hydrogen) atoms. The first-order valence-corrected chi connectivity index (χ1v) is 8.00. The number of anilines is 1. The highest BCUT2D eigenvalue weighted by atomic mass is 32.2. The van der Waals surface area contributed by atoms with E-state index in [1.165, 1.54) is 11.8 Å². The Morgan fingerprint density at radius 3 is 2.90 bits per heavy atom. The highest BCUT2D eigenvalue weighted by Crippen LogP contribution is 2.30. The molecule has 0 aromatic heterocycles. The molecule has 1 aliphatic rings. The van der Waals surface area contributed by atoms with Gasteiger partial charge in [0.2, 0.25) is 5.91 Å². The van der Waals surface area contributed by atoms with E-state index in [1.54, 1.807) is 17.9 Å². The van der Waals surface area contributed by atoms with Crippen molar-refractivity contribution >= 4 is 28.5 Å². The van der Waals surface area contributed by atoms with E-state index < -0.39 is 0 Å². The van der Waals surface area contributed by atoms with Gasteiger partial charge in [0, 0.05) is 31.3 Å². The number of thioether (sulfide) groups is 1. The van der Waals surface area contributed by atoms with Crippen LogP contribution < -0.4 is 4.90 Å². The first kappa shape index (κ1) is 15.6. The monoisotopic (exact) mass is 302 g/mol. The van der Waals surface area contributed by atoms with Crippen LogP contribution >= 0.6 is 11.8 Å². The minimum absolute atomic E-state index is 0.0912. The van der Waals surface area contributed by atoms with Gasteiger partial charge in [-0.3, -0.25) is 9.59 Å². The zero-order valence-electron chi connectivity index (χ0n) is 12.3. The van der Waals surface area contributed by atoms with Crippen LogP contribution in [0.1, 0.15) is 31.4 Å². The lowest BCUT2D eigenvalue weighted by Crippen LogP contribution is -2.26. The second-order valence-electron chi connectivity index (χ2n) is 5.19. The Morgan fingerprint density at radius 1 is 1.52 bits per heavy atom. The van der Waals surface area contributed by atoms with E-state index in [0.29, 0.717) is 24.3 Å². The Balaban J connectivity index is 2.17. The quantitative estimate of drug-likeness (QED) is 0.858. The van der Waals surface area contributed by atoms with Crippen LogP contribution in [-0.4, -0.2) is 23.3 Å². The Morgan fingerprint density at radius 2 is 2.29 bits per heavy atom. The third-order valence-corrected chi connectivity index (χ3v) is 4.65. The van der Waals surface area contributed by atoms with E-state index in [1.807, 2.05) is 19.1 Å². The molecular formula is C16H18N2O2S. The van der Waals surface area contributed by atoms with Crippen LogP contribution in [0, 0.1) is 17.2 Å². The van der Waals surface area contributed by atoms with Crippen LogP contribution in [0.15, 0.2) is 18.2 Å². The number of carbonyl (C=O) groups is 2. The highest BCUT2D eigenvalue weighted by Gasteiger charge is 2.31. The molecule has 1 amide bonds. The summed E-state index contributed by atoms with van der Waals surface area (Å²) < 4.78 is 0. The normalized spacial score (nSPS) is 17.9. The summed E-state index contributed by atoms with van der Waals surface area (Å²) in [5.74, 6) is 1.00. The lowest BCUT2D eigenvalue weighted by molar-refractivity contribution is -0.117. The molecule has 1 aromatic carbocycles. The molecule has 1 saturated heterocycles. The van der Waals surface area contributed by atoms with Gasteiger partial charge in [-0.1, -0.05) is 18.7 Å². The average molecular weight is 302 g/mol. The van der Waals surface area contributed by atoms with E-state index in [-0.39, 0.29) is 16.9 Å². The topological polar surface area (TPSA) is 61.2 Å². The fourth-order valence-electron chi connectivity index (χ4n) is 2.56.